The number of aromatic nitrogens is 1. The van der Waals surface area contributed by atoms with Gasteiger partial charge in [0.1, 0.15) is 5.01 Å². The molecule has 4 aromatic rings. The van der Waals surface area contributed by atoms with Gasteiger partial charge in [0.25, 0.3) is 0 Å². The molecule has 0 radical (unpaired) electrons. The van der Waals surface area contributed by atoms with E-state index in [4.69, 9.17) is 0 Å². The largest absolute Gasteiger partial charge is 0.428 e. The summed E-state index contributed by atoms with van der Waals surface area (Å²) in [6.07, 6.45) is -4.94. The Kier molecular flexibility index (Phi) is 4.32. The topological polar surface area (TPSA) is 36.4 Å². The first-order valence-electron chi connectivity index (χ1n) is 8.58. The van der Waals surface area contributed by atoms with Crippen LogP contribution in [0.2, 0.25) is 0 Å². The van der Waals surface area contributed by atoms with Crippen LogP contribution < -0.4 is 4.90 Å². The van der Waals surface area contributed by atoms with E-state index >= 15 is 0 Å². The van der Waals surface area contributed by atoms with Crippen LogP contribution in [0.25, 0.3) is 21.0 Å². The molecule has 0 aliphatic rings. The van der Waals surface area contributed by atoms with Gasteiger partial charge in [0.15, 0.2) is 0 Å². The number of alkyl halides is 3. The van der Waals surface area contributed by atoms with Gasteiger partial charge in [-0.15, -0.1) is 11.3 Å². The van der Waals surface area contributed by atoms with Gasteiger partial charge in [-0.05, 0) is 23.6 Å². The number of hydrogen-bond donors (Lipinski definition) is 1. The lowest BCUT2D eigenvalue weighted by Gasteiger charge is -2.31. The summed E-state index contributed by atoms with van der Waals surface area (Å²) in [6, 6.07) is 16.5. The highest BCUT2D eigenvalue weighted by Crippen LogP contribution is 2.49. The summed E-state index contributed by atoms with van der Waals surface area (Å²) in [6.45, 7) is 0. The number of hydrogen-bond acceptors (Lipinski definition) is 4. The van der Waals surface area contributed by atoms with E-state index < -0.39 is 11.8 Å². The molecule has 0 saturated carbocycles. The maximum atomic E-state index is 14.3. The molecule has 1 aromatic heterocycles. The SMILES string of the molecule is CN(C)c1ccc(C(O)(c2nc3ccccc3s2)C(F)(F)F)c2ccccc12. The van der Waals surface area contributed by atoms with Crippen molar-refractivity contribution >= 4 is 38.0 Å². The minimum absolute atomic E-state index is 0.222. The van der Waals surface area contributed by atoms with Gasteiger partial charge in [0, 0.05) is 30.7 Å². The van der Waals surface area contributed by atoms with Crippen molar-refractivity contribution < 1.29 is 18.3 Å². The fourth-order valence-electron chi connectivity index (χ4n) is 3.40. The number of rotatable bonds is 3. The van der Waals surface area contributed by atoms with Crippen LogP contribution in [0.4, 0.5) is 18.9 Å². The molecule has 3 nitrogen and oxygen atoms in total. The molecule has 4 rings (SSSR count). The molecule has 28 heavy (non-hydrogen) atoms. The van der Waals surface area contributed by atoms with E-state index in [1.54, 1.807) is 54.6 Å². The third-order valence-electron chi connectivity index (χ3n) is 4.79. The van der Waals surface area contributed by atoms with Crippen molar-refractivity contribution in [3.63, 3.8) is 0 Å². The van der Waals surface area contributed by atoms with E-state index in [0.29, 0.717) is 21.0 Å². The van der Waals surface area contributed by atoms with E-state index in [1.807, 2.05) is 19.0 Å². The van der Waals surface area contributed by atoms with E-state index in [-0.39, 0.29) is 10.6 Å². The highest BCUT2D eigenvalue weighted by atomic mass is 32.1. The van der Waals surface area contributed by atoms with Crippen molar-refractivity contribution in [1.82, 2.24) is 4.98 Å². The van der Waals surface area contributed by atoms with Crippen molar-refractivity contribution in [2.75, 3.05) is 19.0 Å². The summed E-state index contributed by atoms with van der Waals surface area (Å²) in [5.41, 5.74) is -2.23. The number of halogens is 3. The minimum Gasteiger partial charge on any atom is -0.377 e. The molecule has 0 fully saturated rings. The summed E-state index contributed by atoms with van der Waals surface area (Å²) in [7, 11) is 3.65. The number of aliphatic hydroxyl groups is 1. The summed E-state index contributed by atoms with van der Waals surface area (Å²) < 4.78 is 43.5. The smallest absolute Gasteiger partial charge is 0.377 e. The molecule has 1 heterocycles. The van der Waals surface area contributed by atoms with Crippen LogP contribution in [-0.4, -0.2) is 30.4 Å². The van der Waals surface area contributed by atoms with Crippen LogP contribution in [0.15, 0.2) is 60.7 Å². The predicted octanol–water partition coefficient (Wildman–Crippen LogP) is 5.31. The van der Waals surface area contributed by atoms with Crippen LogP contribution >= 0.6 is 11.3 Å². The molecule has 0 aliphatic carbocycles. The molecule has 1 unspecified atom stereocenters. The Morgan fingerprint density at radius 2 is 1.54 bits per heavy atom. The Bertz CT molecular complexity index is 1140. The lowest BCUT2D eigenvalue weighted by molar-refractivity contribution is -0.247. The van der Waals surface area contributed by atoms with Crippen molar-refractivity contribution in [2.24, 2.45) is 0 Å². The van der Waals surface area contributed by atoms with Crippen LogP contribution in [0.1, 0.15) is 10.6 Å². The molecule has 0 amide bonds. The minimum atomic E-state index is -4.94. The Morgan fingerprint density at radius 3 is 2.18 bits per heavy atom. The molecule has 1 N–H and O–H groups in total. The lowest BCUT2D eigenvalue weighted by atomic mass is 9.88. The molecule has 7 heteroatoms. The highest BCUT2D eigenvalue weighted by molar-refractivity contribution is 7.18. The molecule has 0 aliphatic heterocycles. The van der Waals surface area contributed by atoms with Crippen LogP contribution in [0, 0.1) is 0 Å². The van der Waals surface area contributed by atoms with E-state index in [0.717, 1.165) is 17.0 Å². The number of para-hydroxylation sites is 1. The van der Waals surface area contributed by atoms with Gasteiger partial charge in [-0.3, -0.25) is 0 Å². The normalized spacial score (nSPS) is 14.4. The number of anilines is 1. The fourth-order valence-corrected chi connectivity index (χ4v) is 4.50. The first kappa shape index (κ1) is 18.7. The van der Waals surface area contributed by atoms with Crippen LogP contribution in [0.3, 0.4) is 0 Å². The summed E-state index contributed by atoms with van der Waals surface area (Å²) in [5.74, 6) is 0. The average Bonchev–Trinajstić information content (AvgIpc) is 3.10. The number of benzene rings is 3. The van der Waals surface area contributed by atoms with Gasteiger partial charge >= 0.3 is 6.18 Å². The third kappa shape index (κ3) is 2.73. The zero-order chi connectivity index (χ0) is 20.1. The first-order valence-corrected chi connectivity index (χ1v) is 9.40. The molecule has 0 bridgehead atoms. The van der Waals surface area contributed by atoms with E-state index in [1.165, 1.54) is 6.07 Å². The lowest BCUT2D eigenvalue weighted by Crippen LogP contribution is -2.43. The number of nitrogens with zero attached hydrogens (tertiary/aromatic N) is 2. The van der Waals surface area contributed by atoms with Gasteiger partial charge in [-0.25, -0.2) is 4.98 Å². The van der Waals surface area contributed by atoms with Crippen LogP contribution in [-0.2, 0) is 5.60 Å². The number of thiazole rings is 1. The quantitative estimate of drug-likeness (QED) is 0.504. The first-order chi connectivity index (χ1) is 13.2. The van der Waals surface area contributed by atoms with Crippen molar-refractivity contribution in [3.8, 4) is 0 Å². The molecule has 1 atom stereocenters. The van der Waals surface area contributed by atoms with Gasteiger partial charge in [-0.1, -0.05) is 42.5 Å². The maximum absolute atomic E-state index is 14.3. The van der Waals surface area contributed by atoms with Crippen molar-refractivity contribution in [2.45, 2.75) is 11.8 Å². The standard InChI is InChI=1S/C21H17F3N2OS/c1-26(2)17-12-11-15(13-7-3-4-8-14(13)17)20(27,21(22,23)24)19-25-16-9-5-6-10-18(16)28-19/h3-12,27H,1-2H3. The molecular weight excluding hydrogens is 385 g/mol. The van der Waals surface area contributed by atoms with Gasteiger partial charge in [0.05, 0.1) is 10.2 Å². The van der Waals surface area contributed by atoms with Gasteiger partial charge in [-0.2, -0.15) is 13.2 Å². The Hall–Kier alpha value is -2.64. The molecule has 144 valence electrons. The van der Waals surface area contributed by atoms with E-state index in [9.17, 15) is 18.3 Å². The average molecular weight is 402 g/mol. The summed E-state index contributed by atoms with van der Waals surface area (Å²) >= 11 is 0.853. The highest BCUT2D eigenvalue weighted by Gasteiger charge is 2.59. The second kappa shape index (κ2) is 6.46. The molecule has 0 saturated heterocycles. The van der Waals surface area contributed by atoms with Gasteiger partial charge in [0.2, 0.25) is 5.60 Å². The van der Waals surface area contributed by atoms with Crippen LogP contribution in [0.5, 0.6) is 0 Å². The predicted molar refractivity (Wildman–Crippen MR) is 107 cm³/mol. The number of fused-ring (bicyclic) bond motifs is 2. The Balaban J connectivity index is 2.06. The van der Waals surface area contributed by atoms with Gasteiger partial charge < -0.3 is 10.0 Å². The zero-order valence-corrected chi connectivity index (χ0v) is 16.0. The second-order valence-electron chi connectivity index (χ2n) is 6.77. The van der Waals surface area contributed by atoms with E-state index in [2.05, 4.69) is 4.98 Å². The molecular formula is C21H17F3N2OS. The fraction of sp³-hybridized carbons (Fsp3) is 0.190. The summed E-state index contributed by atoms with van der Waals surface area (Å²) in [4.78, 5) is 5.96. The monoisotopic (exact) mass is 402 g/mol. The summed E-state index contributed by atoms with van der Waals surface area (Å²) in [5, 5.41) is 11.7. The third-order valence-corrected chi connectivity index (χ3v) is 5.93. The Labute approximate surface area is 163 Å². The molecule has 3 aromatic carbocycles. The second-order valence-corrected chi connectivity index (χ2v) is 7.80. The molecule has 0 spiro atoms. The van der Waals surface area contributed by atoms with Crippen molar-refractivity contribution in [1.29, 1.82) is 0 Å². The zero-order valence-electron chi connectivity index (χ0n) is 15.2. The maximum Gasteiger partial charge on any atom is 0.428 e. The van der Waals surface area contributed by atoms with Crippen molar-refractivity contribution in [3.05, 3.63) is 71.2 Å². The Morgan fingerprint density at radius 1 is 0.893 bits per heavy atom.